The van der Waals surface area contributed by atoms with Crippen LogP contribution in [-0.4, -0.2) is 0 Å². The number of hydrogen-bond acceptors (Lipinski definition) is 2. The average Bonchev–Trinajstić information content (AvgIpc) is 3.62. The molecule has 2 atom stereocenters. The van der Waals surface area contributed by atoms with Crippen molar-refractivity contribution in [3.63, 3.8) is 0 Å². The summed E-state index contributed by atoms with van der Waals surface area (Å²) in [5.41, 5.74) is 13.7. The Morgan fingerprint density at radius 1 is 0.574 bits per heavy atom. The van der Waals surface area contributed by atoms with E-state index in [1.54, 1.807) is 0 Å². The van der Waals surface area contributed by atoms with Crippen molar-refractivity contribution in [1.82, 2.24) is 0 Å². The molecule has 0 spiro atoms. The van der Waals surface area contributed by atoms with Gasteiger partial charge in [-0.1, -0.05) is 129 Å². The molecule has 6 aromatic rings. The summed E-state index contributed by atoms with van der Waals surface area (Å²) < 4.78 is 6.26. The monoisotopic (exact) mass is 605 g/mol. The number of hydrogen-bond donors (Lipinski definition) is 0. The van der Waals surface area contributed by atoms with Crippen LogP contribution in [0.3, 0.4) is 0 Å². The molecule has 0 amide bonds. The van der Waals surface area contributed by atoms with Crippen molar-refractivity contribution in [1.29, 1.82) is 0 Å². The first-order valence-corrected chi connectivity index (χ1v) is 16.5. The van der Waals surface area contributed by atoms with Crippen molar-refractivity contribution in [2.75, 3.05) is 4.90 Å². The van der Waals surface area contributed by atoms with E-state index in [-0.39, 0.29) is 17.3 Å². The van der Waals surface area contributed by atoms with E-state index in [0.29, 0.717) is 0 Å². The fourth-order valence-electron chi connectivity index (χ4n) is 7.92. The smallest absolute Gasteiger partial charge is 0.130 e. The molecule has 0 bridgehead atoms. The van der Waals surface area contributed by atoms with Crippen LogP contribution in [-0.2, 0) is 5.41 Å². The largest absolute Gasteiger partial charge is 0.461 e. The predicted octanol–water partition coefficient (Wildman–Crippen LogP) is 11.8. The Bertz CT molecular complexity index is 2190. The molecular formula is C45H35NO. The number of anilines is 3. The minimum absolute atomic E-state index is 0.0766. The molecule has 1 unspecified atom stereocenters. The first-order chi connectivity index (χ1) is 23.1. The van der Waals surface area contributed by atoms with Crippen LogP contribution in [0.1, 0.15) is 47.9 Å². The van der Waals surface area contributed by atoms with Crippen LogP contribution < -0.4 is 9.64 Å². The summed E-state index contributed by atoms with van der Waals surface area (Å²) in [4.78, 5) is 2.40. The number of fused-ring (bicyclic) bond motifs is 6. The van der Waals surface area contributed by atoms with Crippen LogP contribution in [0.2, 0.25) is 0 Å². The molecular weight excluding hydrogens is 571 g/mol. The molecule has 6 aromatic carbocycles. The highest BCUT2D eigenvalue weighted by atomic mass is 16.5. The highest BCUT2D eigenvalue weighted by molar-refractivity contribution is 5.86. The maximum Gasteiger partial charge on any atom is 0.130 e. The number of rotatable bonds is 5. The summed E-state index contributed by atoms with van der Waals surface area (Å²) in [6.07, 6.45) is 6.57. The fraction of sp³-hybridized carbons (Fsp3) is 0.111. The zero-order valence-electron chi connectivity index (χ0n) is 26.6. The van der Waals surface area contributed by atoms with E-state index in [1.165, 1.54) is 44.5 Å². The number of para-hydroxylation sites is 1. The molecule has 2 heteroatoms. The molecule has 0 saturated carbocycles. The van der Waals surface area contributed by atoms with Gasteiger partial charge in [0, 0.05) is 34.0 Å². The van der Waals surface area contributed by atoms with Crippen LogP contribution in [0.5, 0.6) is 5.75 Å². The van der Waals surface area contributed by atoms with Crippen LogP contribution in [0, 0.1) is 0 Å². The third-order valence-electron chi connectivity index (χ3n) is 10.3. The molecule has 3 aliphatic rings. The van der Waals surface area contributed by atoms with Gasteiger partial charge in [0.05, 0.1) is 5.92 Å². The number of benzene rings is 6. The van der Waals surface area contributed by atoms with Crippen molar-refractivity contribution in [3.8, 4) is 28.0 Å². The van der Waals surface area contributed by atoms with E-state index < -0.39 is 0 Å². The van der Waals surface area contributed by atoms with Gasteiger partial charge in [0.25, 0.3) is 0 Å². The van der Waals surface area contributed by atoms with Gasteiger partial charge in [-0.25, -0.2) is 0 Å². The topological polar surface area (TPSA) is 12.5 Å². The van der Waals surface area contributed by atoms with Gasteiger partial charge in [0.2, 0.25) is 0 Å². The van der Waals surface area contributed by atoms with Gasteiger partial charge in [-0.3, -0.25) is 0 Å². The fourth-order valence-corrected chi connectivity index (χ4v) is 7.92. The summed E-state index contributed by atoms with van der Waals surface area (Å²) in [7, 11) is 0. The van der Waals surface area contributed by atoms with E-state index in [0.717, 1.165) is 28.6 Å². The van der Waals surface area contributed by atoms with Gasteiger partial charge < -0.3 is 9.64 Å². The van der Waals surface area contributed by atoms with Crippen molar-refractivity contribution in [2.24, 2.45) is 0 Å². The molecule has 0 radical (unpaired) electrons. The Kier molecular flexibility index (Phi) is 6.33. The van der Waals surface area contributed by atoms with Crippen LogP contribution in [0.15, 0.2) is 170 Å². The lowest BCUT2D eigenvalue weighted by molar-refractivity contribution is 0.416. The van der Waals surface area contributed by atoms with Crippen molar-refractivity contribution in [2.45, 2.75) is 31.1 Å². The Hall–Kier alpha value is -5.60. The van der Waals surface area contributed by atoms with E-state index in [1.807, 2.05) is 6.07 Å². The summed E-state index contributed by atoms with van der Waals surface area (Å²) in [5.74, 6) is 2.42. The third-order valence-corrected chi connectivity index (χ3v) is 10.3. The maximum atomic E-state index is 6.26. The molecule has 47 heavy (non-hydrogen) atoms. The SMILES string of the molecule is CC1(C)c2ccccc2-c2ccc(N(c3ccc(-c4ccccc4)cc3)c3ccc(C4C=CC=C5Oc6ccccc6[C@H]54)cc3)cc21. The average molecular weight is 606 g/mol. The minimum atomic E-state index is -0.0766. The second-order valence-electron chi connectivity index (χ2n) is 13.3. The molecule has 0 aromatic heterocycles. The van der Waals surface area contributed by atoms with E-state index in [2.05, 4.69) is 177 Å². The standard InChI is InChI=1S/C45H35NO/c1-45(2)40-16-8-6-13-37(40)38-28-27-35(29-41(38)45)46(33-23-19-31(20-24-33)30-11-4-3-5-12-30)34-25-21-32(22-26-34)36-15-10-18-43-44(36)39-14-7-9-17-42(39)47-43/h3-29,36,44H,1-2H3/t36?,44-/m1/s1. The zero-order chi connectivity index (χ0) is 31.5. The van der Waals surface area contributed by atoms with Crippen LogP contribution >= 0.6 is 0 Å². The minimum Gasteiger partial charge on any atom is -0.461 e. The molecule has 0 fully saturated rings. The summed E-state index contributed by atoms with van der Waals surface area (Å²) in [5, 5.41) is 0. The van der Waals surface area contributed by atoms with Crippen molar-refractivity contribution >= 4 is 17.1 Å². The molecule has 1 heterocycles. The molecule has 226 valence electrons. The highest BCUT2D eigenvalue weighted by Gasteiger charge is 2.37. The van der Waals surface area contributed by atoms with E-state index >= 15 is 0 Å². The second kappa shape index (κ2) is 10.7. The molecule has 2 nitrogen and oxygen atoms in total. The van der Waals surface area contributed by atoms with Crippen LogP contribution in [0.4, 0.5) is 17.1 Å². The molecule has 9 rings (SSSR count). The van der Waals surface area contributed by atoms with Gasteiger partial charge in [0.15, 0.2) is 0 Å². The lowest BCUT2D eigenvalue weighted by atomic mass is 9.78. The third kappa shape index (κ3) is 4.47. The Morgan fingerprint density at radius 3 is 2.02 bits per heavy atom. The molecule has 0 N–H and O–H groups in total. The Labute approximate surface area is 276 Å². The number of ether oxygens (including phenoxy) is 1. The normalized spacial score (nSPS) is 18.0. The first-order valence-electron chi connectivity index (χ1n) is 16.5. The number of nitrogens with zero attached hydrogens (tertiary/aromatic N) is 1. The van der Waals surface area contributed by atoms with E-state index in [9.17, 15) is 0 Å². The van der Waals surface area contributed by atoms with Gasteiger partial charge in [-0.15, -0.1) is 0 Å². The lowest BCUT2D eigenvalue weighted by Crippen LogP contribution is -2.16. The Balaban J connectivity index is 1.12. The van der Waals surface area contributed by atoms with Gasteiger partial charge >= 0.3 is 0 Å². The van der Waals surface area contributed by atoms with Crippen molar-refractivity contribution in [3.05, 3.63) is 192 Å². The quantitative estimate of drug-likeness (QED) is 0.194. The van der Waals surface area contributed by atoms with Crippen molar-refractivity contribution < 1.29 is 4.74 Å². The summed E-state index contributed by atoms with van der Waals surface area (Å²) >= 11 is 0. The number of allylic oxidation sites excluding steroid dienone is 4. The predicted molar refractivity (Wildman–Crippen MR) is 194 cm³/mol. The zero-order valence-corrected chi connectivity index (χ0v) is 26.6. The van der Waals surface area contributed by atoms with E-state index in [4.69, 9.17) is 4.74 Å². The summed E-state index contributed by atoms with van der Waals surface area (Å²) in [6.45, 7) is 4.70. The second-order valence-corrected chi connectivity index (χ2v) is 13.3. The Morgan fingerprint density at radius 2 is 1.21 bits per heavy atom. The van der Waals surface area contributed by atoms with Gasteiger partial charge in [-0.05, 0) is 87.5 Å². The van der Waals surface area contributed by atoms with Gasteiger partial charge in [-0.2, -0.15) is 0 Å². The molecule has 1 aliphatic heterocycles. The van der Waals surface area contributed by atoms with Crippen LogP contribution in [0.25, 0.3) is 22.3 Å². The van der Waals surface area contributed by atoms with Gasteiger partial charge in [0.1, 0.15) is 11.5 Å². The summed E-state index contributed by atoms with van der Waals surface area (Å²) in [6, 6.07) is 53.0. The first kappa shape index (κ1) is 27.7. The molecule has 0 saturated heterocycles. The molecule has 2 aliphatic carbocycles. The maximum absolute atomic E-state index is 6.26. The highest BCUT2D eigenvalue weighted by Crippen LogP contribution is 2.52. The lowest BCUT2D eigenvalue weighted by Gasteiger charge is -2.29.